The van der Waals surface area contributed by atoms with Gasteiger partial charge in [-0.2, -0.15) is 0 Å². The van der Waals surface area contributed by atoms with Crippen molar-refractivity contribution in [2.45, 2.75) is 32.3 Å². The number of carbonyl (C=O) groups excluding carboxylic acids is 1. The van der Waals surface area contributed by atoms with Crippen LogP contribution in [0.4, 0.5) is 0 Å². The molecule has 1 aromatic carbocycles. The number of aliphatic imine (C=N–C) groups is 1. The maximum Gasteiger partial charge on any atom is 0.222 e. The molecule has 0 aromatic heterocycles. The lowest BCUT2D eigenvalue weighted by Gasteiger charge is -2.25. The Bertz CT molecular complexity index is 635. The van der Waals surface area contributed by atoms with Gasteiger partial charge in [0.15, 0.2) is 23.6 Å². The molecule has 3 rings (SSSR count). The molecule has 7 nitrogen and oxygen atoms in total. The van der Waals surface area contributed by atoms with E-state index >= 15 is 0 Å². The number of guanidine groups is 1. The Kier molecular flexibility index (Phi) is 6.57. The molecule has 1 atom stereocenters. The third-order valence-electron chi connectivity index (χ3n) is 4.43. The van der Waals surface area contributed by atoms with E-state index in [1.165, 1.54) is 0 Å². The van der Waals surface area contributed by atoms with Crippen molar-refractivity contribution >= 4 is 11.9 Å². The summed E-state index contributed by atoms with van der Waals surface area (Å²) < 4.78 is 11.7. The zero-order chi connectivity index (χ0) is 18.2. The number of nitrogens with one attached hydrogen (secondary N) is 2. The van der Waals surface area contributed by atoms with Gasteiger partial charge in [0, 0.05) is 32.6 Å². The van der Waals surface area contributed by atoms with Crippen LogP contribution in [-0.2, 0) is 4.79 Å². The number of benzene rings is 1. The van der Waals surface area contributed by atoms with Gasteiger partial charge in [0.05, 0.1) is 6.54 Å². The Morgan fingerprint density at radius 1 is 1.31 bits per heavy atom. The van der Waals surface area contributed by atoms with E-state index in [-0.39, 0.29) is 12.0 Å². The number of amides is 1. The smallest absolute Gasteiger partial charge is 0.222 e. The predicted octanol–water partition coefficient (Wildman–Crippen LogP) is 1.39. The average Bonchev–Trinajstić information content (AvgIpc) is 3.08. The molecule has 1 saturated heterocycles. The molecular weight excluding hydrogens is 332 g/mol. The maximum atomic E-state index is 11.6. The molecule has 0 aliphatic carbocycles. The van der Waals surface area contributed by atoms with Gasteiger partial charge in [-0.05, 0) is 31.9 Å². The lowest BCUT2D eigenvalue weighted by molar-refractivity contribution is -0.127. The minimum absolute atomic E-state index is 0.0948. The van der Waals surface area contributed by atoms with Crippen LogP contribution in [0.1, 0.15) is 26.2 Å². The van der Waals surface area contributed by atoms with Crippen molar-refractivity contribution in [2.75, 3.05) is 39.3 Å². The quantitative estimate of drug-likeness (QED) is 0.437. The summed E-state index contributed by atoms with van der Waals surface area (Å²) in [5.41, 5.74) is 0. The summed E-state index contributed by atoms with van der Waals surface area (Å²) in [6.07, 6.45) is 2.50. The fraction of sp³-hybridized carbons (Fsp3) is 0.579. The number of fused-ring (bicyclic) bond motifs is 1. The minimum atomic E-state index is -0.0948. The highest BCUT2D eigenvalue weighted by molar-refractivity contribution is 5.79. The Morgan fingerprint density at radius 2 is 2.15 bits per heavy atom. The van der Waals surface area contributed by atoms with Crippen molar-refractivity contribution in [1.29, 1.82) is 0 Å². The van der Waals surface area contributed by atoms with Gasteiger partial charge in [0.25, 0.3) is 0 Å². The van der Waals surface area contributed by atoms with Gasteiger partial charge in [-0.3, -0.25) is 4.79 Å². The predicted molar refractivity (Wildman–Crippen MR) is 101 cm³/mol. The normalized spacial score (nSPS) is 19.6. The lowest BCUT2D eigenvalue weighted by Crippen LogP contribution is -2.40. The molecule has 2 N–H and O–H groups in total. The third-order valence-corrected chi connectivity index (χ3v) is 4.43. The lowest BCUT2D eigenvalue weighted by atomic mass is 10.2. The second-order valence-corrected chi connectivity index (χ2v) is 6.48. The number of hydrogen-bond acceptors (Lipinski definition) is 4. The van der Waals surface area contributed by atoms with E-state index in [1.54, 1.807) is 0 Å². The largest absolute Gasteiger partial charge is 0.486 e. The molecule has 7 heteroatoms. The Labute approximate surface area is 154 Å². The number of likely N-dealkylation sites (tertiary alicyclic amines) is 1. The topological polar surface area (TPSA) is 75.2 Å². The van der Waals surface area contributed by atoms with E-state index in [9.17, 15) is 4.79 Å². The van der Waals surface area contributed by atoms with E-state index in [0.29, 0.717) is 19.6 Å². The molecular formula is C19H28N4O3. The maximum absolute atomic E-state index is 11.6. The summed E-state index contributed by atoms with van der Waals surface area (Å²) in [6, 6.07) is 7.69. The van der Waals surface area contributed by atoms with Crippen LogP contribution in [0.15, 0.2) is 29.3 Å². The van der Waals surface area contributed by atoms with E-state index < -0.39 is 0 Å². The van der Waals surface area contributed by atoms with Crippen molar-refractivity contribution in [3.63, 3.8) is 0 Å². The number of carbonyl (C=O) groups is 1. The minimum Gasteiger partial charge on any atom is -0.486 e. The molecule has 0 bridgehead atoms. The first-order chi connectivity index (χ1) is 12.8. The van der Waals surface area contributed by atoms with Crippen LogP contribution in [0.25, 0.3) is 0 Å². The highest BCUT2D eigenvalue weighted by Gasteiger charge is 2.21. The number of ether oxygens (including phenoxy) is 2. The molecule has 0 saturated carbocycles. The molecule has 0 radical (unpaired) electrons. The third kappa shape index (κ3) is 5.03. The van der Waals surface area contributed by atoms with Crippen LogP contribution in [0, 0.1) is 0 Å². The number of para-hydroxylation sites is 2. The van der Waals surface area contributed by atoms with E-state index in [4.69, 9.17) is 9.47 Å². The summed E-state index contributed by atoms with van der Waals surface area (Å²) in [4.78, 5) is 18.2. The van der Waals surface area contributed by atoms with Crippen LogP contribution >= 0.6 is 0 Å². The zero-order valence-corrected chi connectivity index (χ0v) is 15.4. The fourth-order valence-electron chi connectivity index (χ4n) is 3.11. The van der Waals surface area contributed by atoms with E-state index in [0.717, 1.165) is 56.5 Å². The van der Waals surface area contributed by atoms with Crippen LogP contribution in [0.3, 0.4) is 0 Å². The van der Waals surface area contributed by atoms with Crippen molar-refractivity contribution in [2.24, 2.45) is 4.99 Å². The van der Waals surface area contributed by atoms with Crippen molar-refractivity contribution in [3.8, 4) is 11.5 Å². The van der Waals surface area contributed by atoms with Crippen molar-refractivity contribution in [1.82, 2.24) is 15.5 Å². The zero-order valence-electron chi connectivity index (χ0n) is 15.4. The van der Waals surface area contributed by atoms with Crippen LogP contribution in [-0.4, -0.2) is 62.2 Å². The molecule has 1 aromatic rings. The SMILES string of the molecule is CCNC(=NCC1COc2ccccc2O1)NCCCN1CCCC1=O. The van der Waals surface area contributed by atoms with Gasteiger partial charge < -0.3 is 25.0 Å². The molecule has 1 amide bonds. The van der Waals surface area contributed by atoms with Gasteiger partial charge in [-0.1, -0.05) is 12.1 Å². The molecule has 1 unspecified atom stereocenters. The highest BCUT2D eigenvalue weighted by Crippen LogP contribution is 2.30. The molecule has 0 spiro atoms. The highest BCUT2D eigenvalue weighted by atomic mass is 16.6. The first-order valence-electron chi connectivity index (χ1n) is 9.44. The standard InChI is InChI=1S/C19H28N4O3/c1-2-20-19(21-10-6-12-23-11-5-9-18(23)24)22-13-15-14-25-16-7-3-4-8-17(16)26-15/h3-4,7-8,15H,2,5-6,9-14H2,1H3,(H2,20,21,22). The Morgan fingerprint density at radius 3 is 2.92 bits per heavy atom. The molecule has 26 heavy (non-hydrogen) atoms. The van der Waals surface area contributed by atoms with Crippen LogP contribution < -0.4 is 20.1 Å². The second-order valence-electron chi connectivity index (χ2n) is 6.48. The number of nitrogens with zero attached hydrogens (tertiary/aromatic N) is 2. The monoisotopic (exact) mass is 360 g/mol. The molecule has 1 fully saturated rings. The van der Waals surface area contributed by atoms with Gasteiger partial charge in [0.2, 0.25) is 5.91 Å². The van der Waals surface area contributed by atoms with Gasteiger partial charge in [0.1, 0.15) is 6.61 Å². The first-order valence-corrected chi connectivity index (χ1v) is 9.44. The van der Waals surface area contributed by atoms with Crippen molar-refractivity contribution in [3.05, 3.63) is 24.3 Å². The summed E-state index contributed by atoms with van der Waals surface area (Å²) in [5.74, 6) is 2.60. The van der Waals surface area contributed by atoms with Gasteiger partial charge >= 0.3 is 0 Å². The summed E-state index contributed by atoms with van der Waals surface area (Å²) >= 11 is 0. The Balaban J connectivity index is 1.43. The number of hydrogen-bond donors (Lipinski definition) is 2. The van der Waals surface area contributed by atoms with Crippen molar-refractivity contribution < 1.29 is 14.3 Å². The molecule has 142 valence electrons. The van der Waals surface area contributed by atoms with E-state index in [1.807, 2.05) is 36.1 Å². The summed E-state index contributed by atoms with van der Waals surface area (Å²) in [5, 5.41) is 6.56. The number of rotatable bonds is 7. The molecule has 2 aliphatic heterocycles. The first kappa shape index (κ1) is 18.4. The summed E-state index contributed by atoms with van der Waals surface area (Å²) in [7, 11) is 0. The second kappa shape index (κ2) is 9.31. The van der Waals surface area contributed by atoms with Gasteiger partial charge in [-0.25, -0.2) is 4.99 Å². The van der Waals surface area contributed by atoms with Gasteiger partial charge in [-0.15, -0.1) is 0 Å². The molecule has 2 aliphatic rings. The molecule has 2 heterocycles. The Hall–Kier alpha value is -2.44. The average molecular weight is 360 g/mol. The summed E-state index contributed by atoms with van der Waals surface area (Å²) in [6.45, 7) is 6.33. The van der Waals surface area contributed by atoms with Crippen LogP contribution in [0.5, 0.6) is 11.5 Å². The van der Waals surface area contributed by atoms with Crippen LogP contribution in [0.2, 0.25) is 0 Å². The van der Waals surface area contributed by atoms with E-state index in [2.05, 4.69) is 15.6 Å². The fourth-order valence-corrected chi connectivity index (χ4v) is 3.11.